The van der Waals surface area contributed by atoms with E-state index in [1.165, 1.54) is 54.9 Å². The van der Waals surface area contributed by atoms with E-state index < -0.39 is 0 Å². The number of benzene rings is 5. The van der Waals surface area contributed by atoms with Crippen molar-refractivity contribution >= 4 is 21.5 Å². The highest BCUT2D eigenvalue weighted by Gasteiger charge is 2.08. The van der Waals surface area contributed by atoms with Crippen molar-refractivity contribution in [3.63, 3.8) is 0 Å². The first-order valence-electron chi connectivity index (χ1n) is 9.80. The molecule has 0 N–H and O–H groups in total. The average Bonchev–Trinajstić information content (AvgIpc) is 2.75. The van der Waals surface area contributed by atoms with E-state index in [2.05, 4.69) is 111 Å². The van der Waals surface area contributed by atoms with Crippen LogP contribution in [0, 0.1) is 13.8 Å². The molecule has 0 aliphatic heterocycles. The van der Waals surface area contributed by atoms with Gasteiger partial charge in [0.15, 0.2) is 0 Å². The number of aryl methyl sites for hydroxylation is 2. The van der Waals surface area contributed by atoms with E-state index in [0.717, 1.165) is 0 Å². The summed E-state index contributed by atoms with van der Waals surface area (Å²) < 4.78 is 0. The smallest absolute Gasteiger partial charge is 0.0103 e. The van der Waals surface area contributed by atoms with Crippen LogP contribution in [0.5, 0.6) is 0 Å². The summed E-state index contributed by atoms with van der Waals surface area (Å²) in [6.45, 7) is 4.36. The van der Waals surface area contributed by atoms with Crippen molar-refractivity contribution in [3.8, 4) is 22.3 Å². The minimum absolute atomic E-state index is 1.26. The molecule has 0 aromatic heterocycles. The molecule has 0 atom stereocenters. The van der Waals surface area contributed by atoms with Crippen molar-refractivity contribution in [2.75, 3.05) is 0 Å². The third-order valence-electron chi connectivity index (χ3n) is 5.79. The summed E-state index contributed by atoms with van der Waals surface area (Å²) in [7, 11) is 0. The van der Waals surface area contributed by atoms with E-state index in [9.17, 15) is 0 Å². The van der Waals surface area contributed by atoms with E-state index in [0.29, 0.717) is 0 Å². The molecule has 0 spiro atoms. The molecule has 0 heterocycles. The van der Waals surface area contributed by atoms with Gasteiger partial charge in [-0.3, -0.25) is 0 Å². The monoisotopic (exact) mass is 358 g/mol. The van der Waals surface area contributed by atoms with Crippen molar-refractivity contribution in [1.29, 1.82) is 0 Å². The van der Waals surface area contributed by atoms with Crippen molar-refractivity contribution in [2.24, 2.45) is 0 Å². The quantitative estimate of drug-likeness (QED) is 0.300. The Morgan fingerprint density at radius 3 is 1.11 bits per heavy atom. The van der Waals surface area contributed by atoms with Crippen molar-refractivity contribution in [3.05, 3.63) is 108 Å². The Bertz CT molecular complexity index is 1200. The van der Waals surface area contributed by atoms with Crippen LogP contribution in [0.3, 0.4) is 0 Å². The summed E-state index contributed by atoms with van der Waals surface area (Å²) in [6.07, 6.45) is 0. The largest absolute Gasteiger partial charge is 0.0616 e. The lowest BCUT2D eigenvalue weighted by Gasteiger charge is -2.12. The van der Waals surface area contributed by atoms with Crippen LogP contribution in [0.2, 0.25) is 0 Å². The second-order valence-corrected chi connectivity index (χ2v) is 7.53. The van der Waals surface area contributed by atoms with Crippen LogP contribution in [-0.4, -0.2) is 0 Å². The molecule has 5 aromatic carbocycles. The Morgan fingerprint density at radius 2 is 0.714 bits per heavy atom. The first kappa shape index (κ1) is 16.8. The highest BCUT2D eigenvalue weighted by atomic mass is 14.1. The molecule has 0 saturated heterocycles. The number of fused-ring (bicyclic) bond motifs is 2. The first-order chi connectivity index (χ1) is 13.7. The van der Waals surface area contributed by atoms with E-state index in [1.54, 1.807) is 0 Å². The molecule has 134 valence electrons. The van der Waals surface area contributed by atoms with Gasteiger partial charge in [0.05, 0.1) is 0 Å². The zero-order valence-electron chi connectivity index (χ0n) is 16.2. The lowest BCUT2D eigenvalue weighted by atomic mass is 9.92. The van der Waals surface area contributed by atoms with E-state index in [4.69, 9.17) is 0 Å². The van der Waals surface area contributed by atoms with Gasteiger partial charge in [-0.15, -0.1) is 0 Å². The van der Waals surface area contributed by atoms with E-state index >= 15 is 0 Å². The summed E-state index contributed by atoms with van der Waals surface area (Å²) in [5.41, 5.74) is 7.75. The molecule has 0 fully saturated rings. The van der Waals surface area contributed by atoms with Crippen LogP contribution in [-0.2, 0) is 0 Å². The molecule has 0 bridgehead atoms. The van der Waals surface area contributed by atoms with Crippen LogP contribution in [0.1, 0.15) is 11.1 Å². The highest BCUT2D eigenvalue weighted by Crippen LogP contribution is 2.34. The van der Waals surface area contributed by atoms with Crippen molar-refractivity contribution in [2.45, 2.75) is 13.8 Å². The molecule has 0 aliphatic rings. The fraction of sp³-hybridized carbons (Fsp3) is 0.0714. The fourth-order valence-electron chi connectivity index (χ4n) is 4.23. The van der Waals surface area contributed by atoms with Crippen LogP contribution < -0.4 is 0 Å². The summed E-state index contributed by atoms with van der Waals surface area (Å²) in [5.74, 6) is 0. The number of hydrogen-bond acceptors (Lipinski definition) is 0. The van der Waals surface area contributed by atoms with Crippen LogP contribution in [0.15, 0.2) is 97.1 Å². The van der Waals surface area contributed by atoms with Crippen molar-refractivity contribution < 1.29 is 0 Å². The molecule has 0 saturated carbocycles. The standard InChI is InChI=1S/C28H22/c1-19-11-17-25(27-9-5-3-7-23(19)27)21-13-15-22(16-14-21)26-18-12-20(2)24-8-4-6-10-28(24)26/h3-18H,1-2H3. The molecule has 5 aromatic rings. The molecule has 0 heteroatoms. The van der Waals surface area contributed by atoms with Gasteiger partial charge < -0.3 is 0 Å². The Balaban J connectivity index is 1.64. The van der Waals surface area contributed by atoms with Gasteiger partial charge in [0.2, 0.25) is 0 Å². The summed E-state index contributed by atoms with van der Waals surface area (Å²) in [4.78, 5) is 0. The number of rotatable bonds is 2. The van der Waals surface area contributed by atoms with Gasteiger partial charge in [-0.25, -0.2) is 0 Å². The van der Waals surface area contributed by atoms with Gasteiger partial charge in [0.1, 0.15) is 0 Å². The molecular weight excluding hydrogens is 336 g/mol. The fourth-order valence-corrected chi connectivity index (χ4v) is 4.23. The van der Waals surface area contributed by atoms with E-state index in [1.807, 2.05) is 0 Å². The van der Waals surface area contributed by atoms with Gasteiger partial charge in [0.25, 0.3) is 0 Å². The minimum Gasteiger partial charge on any atom is -0.0616 e. The SMILES string of the molecule is Cc1ccc(-c2ccc(-c3ccc(C)c4ccccc34)cc2)c2ccccc12. The summed E-state index contributed by atoms with van der Waals surface area (Å²) in [5, 5.41) is 5.29. The maximum absolute atomic E-state index is 2.25. The molecule has 0 aliphatic carbocycles. The second-order valence-electron chi connectivity index (χ2n) is 7.53. The lowest BCUT2D eigenvalue weighted by Crippen LogP contribution is -1.86. The van der Waals surface area contributed by atoms with Gasteiger partial charge >= 0.3 is 0 Å². The van der Waals surface area contributed by atoms with Crippen LogP contribution in [0.4, 0.5) is 0 Å². The molecule has 0 nitrogen and oxygen atoms in total. The van der Waals surface area contributed by atoms with Crippen LogP contribution in [0.25, 0.3) is 43.8 Å². The Labute approximate surface area is 166 Å². The van der Waals surface area contributed by atoms with Gasteiger partial charge in [-0.2, -0.15) is 0 Å². The summed E-state index contributed by atoms with van der Waals surface area (Å²) >= 11 is 0. The van der Waals surface area contributed by atoms with Gasteiger partial charge in [-0.05, 0) is 68.8 Å². The summed E-state index contributed by atoms with van der Waals surface area (Å²) in [6, 6.07) is 35.3. The topological polar surface area (TPSA) is 0 Å². The lowest BCUT2D eigenvalue weighted by molar-refractivity contribution is 1.51. The Kier molecular flexibility index (Phi) is 3.98. The maximum Gasteiger partial charge on any atom is -0.0103 e. The van der Waals surface area contributed by atoms with Gasteiger partial charge in [-0.1, -0.05) is 97.1 Å². The Morgan fingerprint density at radius 1 is 0.357 bits per heavy atom. The zero-order valence-corrected chi connectivity index (χ0v) is 16.2. The third-order valence-corrected chi connectivity index (χ3v) is 5.79. The zero-order chi connectivity index (χ0) is 19.1. The van der Waals surface area contributed by atoms with Crippen LogP contribution >= 0.6 is 0 Å². The minimum atomic E-state index is 1.26. The average molecular weight is 358 g/mol. The first-order valence-corrected chi connectivity index (χ1v) is 9.80. The van der Waals surface area contributed by atoms with Crippen molar-refractivity contribution in [1.82, 2.24) is 0 Å². The molecule has 5 rings (SSSR count). The third kappa shape index (κ3) is 2.70. The molecule has 0 amide bonds. The van der Waals surface area contributed by atoms with E-state index in [-0.39, 0.29) is 0 Å². The molecule has 28 heavy (non-hydrogen) atoms. The number of hydrogen-bond donors (Lipinski definition) is 0. The predicted octanol–water partition coefficient (Wildman–Crippen LogP) is 7.94. The molecular formula is C28H22. The van der Waals surface area contributed by atoms with Gasteiger partial charge in [0, 0.05) is 0 Å². The second kappa shape index (κ2) is 6.65. The normalized spacial score (nSPS) is 11.2. The maximum atomic E-state index is 2.25. The molecule has 0 radical (unpaired) electrons. The molecule has 0 unspecified atom stereocenters. The predicted molar refractivity (Wildman–Crippen MR) is 122 cm³/mol. The Hall–Kier alpha value is -3.38. The highest BCUT2D eigenvalue weighted by molar-refractivity contribution is 6.00.